The van der Waals surface area contributed by atoms with E-state index in [2.05, 4.69) is 9.88 Å². The lowest BCUT2D eigenvalue weighted by atomic mass is 9.80. The fraction of sp³-hybridized carbons (Fsp3) is 0.562. The van der Waals surface area contributed by atoms with Crippen molar-refractivity contribution >= 4 is 11.5 Å². The summed E-state index contributed by atoms with van der Waals surface area (Å²) in [6.07, 6.45) is 0. The molecule has 2 rings (SSSR count). The van der Waals surface area contributed by atoms with Crippen LogP contribution in [0.4, 0.5) is 5.69 Å². The Morgan fingerprint density at radius 2 is 2.10 bits per heavy atom. The van der Waals surface area contributed by atoms with Crippen LogP contribution in [0.2, 0.25) is 0 Å². The molecule has 0 saturated heterocycles. The molecule has 0 N–H and O–H groups in total. The van der Waals surface area contributed by atoms with E-state index in [0.717, 1.165) is 11.3 Å². The zero-order chi connectivity index (χ0) is 15.7. The number of rotatable bonds is 4. The number of hydrogen-bond donors (Lipinski definition) is 0. The van der Waals surface area contributed by atoms with Gasteiger partial charge in [-0.3, -0.25) is 4.79 Å². The Morgan fingerprint density at radius 3 is 2.71 bits per heavy atom. The van der Waals surface area contributed by atoms with Crippen molar-refractivity contribution in [2.75, 3.05) is 24.7 Å². The van der Waals surface area contributed by atoms with Crippen LogP contribution in [0.15, 0.2) is 24.3 Å². The van der Waals surface area contributed by atoms with E-state index in [4.69, 9.17) is 10.1 Å². The molecule has 0 aromatic heterocycles. The molecule has 0 aliphatic carbocycles. The number of carbonyl (C=O) groups excluding carboxylic acids is 1. The minimum Gasteiger partial charge on any atom is -0.356 e. The summed E-state index contributed by atoms with van der Waals surface area (Å²) in [6.45, 7) is 8.70. The van der Waals surface area contributed by atoms with E-state index in [0.29, 0.717) is 13.3 Å². The molecule has 1 heterocycles. The summed E-state index contributed by atoms with van der Waals surface area (Å²) in [5.74, 6) is -0.0873. The van der Waals surface area contributed by atoms with Gasteiger partial charge in [-0.1, -0.05) is 18.2 Å². The monoisotopic (exact) mass is 288 g/mol. The Bertz CT molecular complexity index is 586. The molecular weight excluding hydrogens is 266 g/mol. The molecule has 1 aliphatic rings. The summed E-state index contributed by atoms with van der Waals surface area (Å²) in [5, 5.41) is 8.70. The average molecular weight is 288 g/mol. The third kappa shape index (κ3) is 3.06. The van der Waals surface area contributed by atoms with Crippen LogP contribution in [0, 0.1) is 5.39 Å². The zero-order valence-corrected chi connectivity index (χ0v) is 13.1. The van der Waals surface area contributed by atoms with E-state index < -0.39 is 5.41 Å². The lowest BCUT2D eigenvalue weighted by Gasteiger charge is -2.27. The van der Waals surface area contributed by atoms with Gasteiger partial charge >= 0.3 is 6.54 Å². The lowest BCUT2D eigenvalue weighted by molar-refractivity contribution is -0.121. The molecule has 1 aromatic rings. The molecule has 0 saturated carbocycles. The van der Waals surface area contributed by atoms with Crippen LogP contribution in [0.3, 0.4) is 0 Å². The molecule has 5 nitrogen and oxygen atoms in total. The fourth-order valence-corrected chi connectivity index (χ4v) is 2.63. The molecule has 1 aromatic carbocycles. The van der Waals surface area contributed by atoms with Gasteiger partial charge in [0.1, 0.15) is 11.7 Å². The molecule has 0 spiro atoms. The van der Waals surface area contributed by atoms with Crippen molar-refractivity contribution in [3.8, 4) is 0 Å². The number of ether oxygens (including phenoxy) is 1. The van der Waals surface area contributed by atoms with Gasteiger partial charge in [0.15, 0.2) is 0 Å². The van der Waals surface area contributed by atoms with Gasteiger partial charge in [-0.15, -0.1) is 0 Å². The van der Waals surface area contributed by atoms with Crippen LogP contribution in [0.25, 0.3) is 4.98 Å². The molecule has 0 bridgehead atoms. The third-order valence-electron chi connectivity index (χ3n) is 3.83. The Kier molecular flexibility index (Phi) is 4.02. The van der Waals surface area contributed by atoms with E-state index in [1.807, 2.05) is 52.0 Å². The van der Waals surface area contributed by atoms with Crippen molar-refractivity contribution in [3.05, 3.63) is 34.8 Å². The van der Waals surface area contributed by atoms with Crippen LogP contribution >= 0.6 is 0 Å². The predicted octanol–water partition coefficient (Wildman–Crippen LogP) is 2.96. The Balaban J connectivity index is 2.30. The number of para-hydroxylation sites is 1. The van der Waals surface area contributed by atoms with Crippen LogP contribution in [-0.4, -0.2) is 31.2 Å². The topological polar surface area (TPSA) is 57.7 Å². The van der Waals surface area contributed by atoms with Gasteiger partial charge in [0.2, 0.25) is 11.2 Å². The highest BCUT2D eigenvalue weighted by Gasteiger charge is 2.46. The molecule has 1 atom stereocenters. The molecular formula is C16H22N3O2+. The second kappa shape index (κ2) is 5.45. The van der Waals surface area contributed by atoms with Gasteiger partial charge in [0, 0.05) is 12.2 Å². The smallest absolute Gasteiger partial charge is 0.356 e. The van der Waals surface area contributed by atoms with Crippen molar-refractivity contribution in [1.29, 1.82) is 5.39 Å². The van der Waals surface area contributed by atoms with Crippen LogP contribution < -0.4 is 4.90 Å². The molecule has 0 amide bonds. The minimum atomic E-state index is -0.663. The predicted molar refractivity (Wildman–Crippen MR) is 81.8 cm³/mol. The molecule has 0 radical (unpaired) electrons. The number of anilines is 1. The van der Waals surface area contributed by atoms with Crippen molar-refractivity contribution < 1.29 is 9.53 Å². The summed E-state index contributed by atoms with van der Waals surface area (Å²) < 4.78 is 5.84. The third-order valence-corrected chi connectivity index (χ3v) is 3.83. The number of nitrogens with zero attached hydrogens (tertiary/aromatic N) is 3. The number of carbonyl (C=O) groups is 1. The summed E-state index contributed by atoms with van der Waals surface area (Å²) in [5.41, 5.74) is 1.08. The molecule has 112 valence electrons. The molecule has 1 aliphatic heterocycles. The SMILES string of the molecule is CC(C)(C)OCN1CC(C)(C(=O)C[N+]#N)c2ccccc21. The second-order valence-electron chi connectivity index (χ2n) is 6.66. The average Bonchev–Trinajstić information content (AvgIpc) is 2.71. The van der Waals surface area contributed by atoms with Crippen molar-refractivity contribution in [1.82, 2.24) is 0 Å². The Morgan fingerprint density at radius 1 is 1.43 bits per heavy atom. The normalized spacial score (nSPS) is 21.0. The van der Waals surface area contributed by atoms with Crippen LogP contribution in [-0.2, 0) is 14.9 Å². The number of benzene rings is 1. The molecule has 0 fully saturated rings. The Labute approximate surface area is 125 Å². The van der Waals surface area contributed by atoms with E-state index in [1.165, 1.54) is 0 Å². The van der Waals surface area contributed by atoms with Gasteiger partial charge in [-0.05, 0) is 39.3 Å². The number of diazo groups is 1. The van der Waals surface area contributed by atoms with Gasteiger partial charge in [0.25, 0.3) is 0 Å². The zero-order valence-electron chi connectivity index (χ0n) is 13.1. The van der Waals surface area contributed by atoms with Gasteiger partial charge in [-0.2, -0.15) is 0 Å². The van der Waals surface area contributed by atoms with Crippen molar-refractivity contribution in [3.63, 3.8) is 0 Å². The molecule has 21 heavy (non-hydrogen) atoms. The number of hydrogen-bond acceptors (Lipinski definition) is 4. The minimum absolute atomic E-state index is 0.0873. The van der Waals surface area contributed by atoms with Gasteiger partial charge < -0.3 is 9.64 Å². The van der Waals surface area contributed by atoms with E-state index in [-0.39, 0.29) is 17.9 Å². The summed E-state index contributed by atoms with van der Waals surface area (Å²) in [4.78, 5) is 17.4. The number of ketones is 1. The number of fused-ring (bicyclic) bond motifs is 1. The summed E-state index contributed by atoms with van der Waals surface area (Å²) >= 11 is 0. The first-order chi connectivity index (χ1) is 9.78. The van der Waals surface area contributed by atoms with E-state index >= 15 is 0 Å². The first-order valence-corrected chi connectivity index (χ1v) is 7.10. The summed E-state index contributed by atoms with van der Waals surface area (Å²) in [7, 11) is 0. The van der Waals surface area contributed by atoms with E-state index in [9.17, 15) is 4.79 Å². The highest BCUT2D eigenvalue weighted by molar-refractivity contribution is 5.96. The lowest BCUT2D eigenvalue weighted by Crippen LogP contribution is -2.41. The first-order valence-electron chi connectivity index (χ1n) is 7.10. The van der Waals surface area contributed by atoms with Crippen molar-refractivity contribution in [2.45, 2.75) is 38.7 Å². The largest absolute Gasteiger partial charge is 0.363 e. The highest BCUT2D eigenvalue weighted by Crippen LogP contribution is 2.41. The van der Waals surface area contributed by atoms with Crippen LogP contribution in [0.1, 0.15) is 33.3 Å². The molecule has 5 heteroatoms. The Hall–Kier alpha value is -1.93. The molecule has 1 unspecified atom stereocenters. The standard InChI is InChI=1S/C16H22N3O2/c1-15(2,3)21-11-19-10-16(4,14(20)9-18-17)12-7-5-6-8-13(12)19/h5-8H,9-11H2,1-4H3/q+1. The maximum absolute atomic E-state index is 12.4. The highest BCUT2D eigenvalue weighted by atomic mass is 16.5. The van der Waals surface area contributed by atoms with Gasteiger partial charge in [0.05, 0.1) is 11.0 Å². The quantitative estimate of drug-likeness (QED) is 0.799. The van der Waals surface area contributed by atoms with Gasteiger partial charge in [-0.25, -0.2) is 0 Å². The first kappa shape index (κ1) is 15.5. The fourth-order valence-electron chi connectivity index (χ4n) is 2.63. The van der Waals surface area contributed by atoms with Crippen LogP contribution in [0.5, 0.6) is 0 Å². The maximum Gasteiger partial charge on any atom is 0.363 e. The second-order valence-corrected chi connectivity index (χ2v) is 6.66. The van der Waals surface area contributed by atoms with Crippen molar-refractivity contribution in [2.24, 2.45) is 0 Å². The maximum atomic E-state index is 12.4. The summed E-state index contributed by atoms with van der Waals surface area (Å²) in [6, 6.07) is 7.84. The van der Waals surface area contributed by atoms with E-state index in [1.54, 1.807) is 0 Å². The number of Topliss-reactive ketones (excluding diaryl/α,β-unsaturated/α-hetero) is 1.